The number of aromatic hydroxyl groups is 2. The first-order valence-corrected chi connectivity index (χ1v) is 8.82. The molecule has 0 saturated carbocycles. The van der Waals surface area contributed by atoms with Crippen molar-refractivity contribution in [1.29, 1.82) is 0 Å². The van der Waals surface area contributed by atoms with Gasteiger partial charge in [-0.25, -0.2) is 0 Å². The van der Waals surface area contributed by atoms with Crippen LogP contribution in [-0.4, -0.2) is 46.2 Å². The number of hydrogen-bond acceptors (Lipinski definition) is 6. The number of carbonyl (C=O) groups is 2. The molecular formula is C20H32N2O8. The van der Waals surface area contributed by atoms with Crippen molar-refractivity contribution in [2.24, 2.45) is 0 Å². The van der Waals surface area contributed by atoms with Crippen LogP contribution in [0.4, 0.5) is 0 Å². The summed E-state index contributed by atoms with van der Waals surface area (Å²) in [6.07, 6.45) is 1.03. The van der Waals surface area contributed by atoms with Crippen LogP contribution in [0.2, 0.25) is 0 Å². The molecule has 0 bridgehead atoms. The maximum atomic E-state index is 9.50. The summed E-state index contributed by atoms with van der Waals surface area (Å²) < 4.78 is 0. The highest BCUT2D eigenvalue weighted by Crippen LogP contribution is 2.09. The van der Waals surface area contributed by atoms with E-state index < -0.39 is 24.8 Å². The molecule has 0 radical (unpaired) electrons. The lowest BCUT2D eigenvalue weighted by atomic mass is 10.1. The molecule has 0 fully saturated rings. The molecule has 2 aromatic rings. The maximum Gasteiger partial charge on any atom is 0.115 e. The Kier molecular flexibility index (Phi) is 20.1. The molecule has 0 aromatic heterocycles. The van der Waals surface area contributed by atoms with Crippen molar-refractivity contribution in [3.05, 3.63) is 59.7 Å². The zero-order valence-corrected chi connectivity index (χ0v) is 16.8. The van der Waals surface area contributed by atoms with E-state index in [4.69, 9.17) is 10.2 Å². The van der Waals surface area contributed by atoms with Crippen LogP contribution in [0.1, 0.15) is 24.0 Å². The summed E-state index contributed by atoms with van der Waals surface area (Å²) in [5.74, 6) is -2.08. The summed E-state index contributed by atoms with van der Waals surface area (Å²) in [5.41, 5.74) is 9.94. The smallest absolute Gasteiger partial charge is 0.115 e. The minimum Gasteiger partial charge on any atom is -0.550 e. The first kappa shape index (κ1) is 31.5. The van der Waals surface area contributed by atoms with Gasteiger partial charge in [-0.3, -0.25) is 0 Å². The van der Waals surface area contributed by atoms with Gasteiger partial charge in [-0.15, -0.1) is 0 Å². The van der Waals surface area contributed by atoms with Crippen molar-refractivity contribution >= 4 is 11.9 Å². The quantitative estimate of drug-likeness (QED) is 0.342. The summed E-state index contributed by atoms with van der Waals surface area (Å²) in [6.45, 7) is 1.82. The Morgan fingerprint density at radius 1 is 0.667 bits per heavy atom. The molecule has 0 heterocycles. The average Bonchev–Trinajstić information content (AvgIpc) is 2.65. The molecule has 30 heavy (non-hydrogen) atoms. The van der Waals surface area contributed by atoms with Crippen LogP contribution >= 0.6 is 0 Å². The number of phenolic OH excluding ortho intramolecular Hbond substituents is 2. The Bertz CT molecular complexity index is 629. The van der Waals surface area contributed by atoms with Gasteiger partial charge in [-0.1, -0.05) is 24.3 Å². The summed E-state index contributed by atoms with van der Waals surface area (Å²) >= 11 is 0. The monoisotopic (exact) mass is 428 g/mol. The van der Waals surface area contributed by atoms with Crippen molar-refractivity contribution in [2.75, 3.05) is 13.1 Å². The van der Waals surface area contributed by atoms with Gasteiger partial charge < -0.3 is 52.4 Å². The Morgan fingerprint density at radius 3 is 1.13 bits per heavy atom. The van der Waals surface area contributed by atoms with E-state index in [1.807, 2.05) is 24.3 Å². The SMILES string of the molecule is O.O.O=C([O-])CCC(=O)[O-].[NH3+]CCc1ccc(O)cc1.[NH3+]CCc1ccc(O)cc1. The standard InChI is InChI=1S/2C8H11NO.C4H6O4.2H2O/c2*9-6-5-7-1-3-8(10)4-2-7;5-3(6)1-2-4(7)8;;/h2*1-4,10H,5-6,9H2;1-2H2,(H,5,6)(H,7,8);2*1H2. The van der Waals surface area contributed by atoms with Crippen molar-refractivity contribution < 1.29 is 52.4 Å². The molecule has 0 spiro atoms. The van der Waals surface area contributed by atoms with E-state index in [1.54, 1.807) is 24.3 Å². The van der Waals surface area contributed by atoms with Crippen molar-refractivity contribution in [3.63, 3.8) is 0 Å². The molecule has 12 N–H and O–H groups in total. The molecule has 0 aliphatic carbocycles. The van der Waals surface area contributed by atoms with Gasteiger partial charge in [-0.05, 0) is 48.2 Å². The lowest BCUT2D eigenvalue weighted by molar-refractivity contribution is -0.367. The fourth-order valence-electron chi connectivity index (χ4n) is 1.94. The molecule has 0 amide bonds. The van der Waals surface area contributed by atoms with Crippen molar-refractivity contribution in [3.8, 4) is 11.5 Å². The Balaban J connectivity index is -0.000000356. The van der Waals surface area contributed by atoms with Gasteiger partial charge in [0.05, 0.1) is 13.1 Å². The molecule has 0 aliphatic heterocycles. The second-order valence-corrected chi connectivity index (χ2v) is 5.78. The third-order valence-corrected chi connectivity index (χ3v) is 3.34. The van der Waals surface area contributed by atoms with Crippen molar-refractivity contribution in [1.82, 2.24) is 0 Å². The minimum atomic E-state index is -1.37. The molecule has 10 heteroatoms. The normalized spacial score (nSPS) is 8.73. The van der Waals surface area contributed by atoms with Gasteiger partial charge in [0.1, 0.15) is 11.5 Å². The first-order valence-electron chi connectivity index (χ1n) is 8.82. The van der Waals surface area contributed by atoms with Gasteiger partial charge in [0.25, 0.3) is 0 Å². The van der Waals surface area contributed by atoms with Crippen molar-refractivity contribution in [2.45, 2.75) is 25.7 Å². The Labute approximate surface area is 175 Å². The molecule has 0 unspecified atom stereocenters. The number of benzene rings is 2. The summed E-state index contributed by atoms with van der Waals surface area (Å²) in [4.78, 5) is 19.0. The first-order chi connectivity index (χ1) is 13.3. The second kappa shape index (κ2) is 19.2. The van der Waals surface area contributed by atoms with E-state index in [0.717, 1.165) is 25.9 Å². The van der Waals surface area contributed by atoms with Gasteiger partial charge in [-0.2, -0.15) is 0 Å². The predicted octanol–water partition coefficient (Wildman–Crippen LogP) is -4.03. The molecule has 2 rings (SSSR count). The third kappa shape index (κ3) is 18.2. The Morgan fingerprint density at radius 2 is 0.933 bits per heavy atom. The van der Waals surface area contributed by atoms with E-state index in [2.05, 4.69) is 11.5 Å². The number of carbonyl (C=O) groups excluding carboxylic acids is 2. The third-order valence-electron chi connectivity index (χ3n) is 3.34. The fourth-order valence-corrected chi connectivity index (χ4v) is 1.94. The second-order valence-electron chi connectivity index (χ2n) is 5.78. The number of hydrogen-bond donors (Lipinski definition) is 4. The molecule has 0 atom stereocenters. The van der Waals surface area contributed by atoms with Gasteiger partial charge in [0.2, 0.25) is 0 Å². The number of carboxylic acid groups (broad SMARTS) is 2. The molecule has 2 aromatic carbocycles. The van der Waals surface area contributed by atoms with Gasteiger partial charge >= 0.3 is 0 Å². The van der Waals surface area contributed by atoms with Crippen LogP contribution in [-0.2, 0) is 22.4 Å². The molecule has 10 nitrogen and oxygen atoms in total. The van der Waals surface area contributed by atoms with Crippen LogP contribution in [0.25, 0.3) is 0 Å². The zero-order chi connectivity index (χ0) is 21.4. The van der Waals surface area contributed by atoms with Gasteiger partial charge in [0.15, 0.2) is 0 Å². The van der Waals surface area contributed by atoms with E-state index in [9.17, 15) is 19.8 Å². The van der Waals surface area contributed by atoms with Crippen LogP contribution in [0.5, 0.6) is 11.5 Å². The minimum absolute atomic E-state index is 0. The fraction of sp³-hybridized carbons (Fsp3) is 0.300. The zero-order valence-electron chi connectivity index (χ0n) is 16.8. The predicted molar refractivity (Wildman–Crippen MR) is 106 cm³/mol. The van der Waals surface area contributed by atoms with E-state index >= 15 is 0 Å². The van der Waals surface area contributed by atoms with Crippen LogP contribution in [0.3, 0.4) is 0 Å². The highest BCUT2D eigenvalue weighted by atomic mass is 16.4. The molecule has 170 valence electrons. The highest BCUT2D eigenvalue weighted by Gasteiger charge is 1.91. The van der Waals surface area contributed by atoms with E-state index in [0.29, 0.717) is 11.5 Å². The number of phenols is 2. The van der Waals surface area contributed by atoms with Gasteiger partial charge in [0, 0.05) is 24.8 Å². The summed E-state index contributed by atoms with van der Waals surface area (Å²) in [5, 5.41) is 36.8. The summed E-state index contributed by atoms with van der Waals surface area (Å²) in [7, 11) is 0. The van der Waals surface area contributed by atoms with E-state index in [1.165, 1.54) is 11.1 Å². The lowest BCUT2D eigenvalue weighted by Gasteiger charge is -2.00. The highest BCUT2D eigenvalue weighted by molar-refractivity contribution is 5.72. The van der Waals surface area contributed by atoms with Crippen LogP contribution in [0.15, 0.2) is 48.5 Å². The number of rotatable bonds is 7. The largest absolute Gasteiger partial charge is 0.550 e. The lowest BCUT2D eigenvalue weighted by Crippen LogP contribution is -2.51. The molecule has 0 saturated heterocycles. The molecule has 0 aliphatic rings. The molecular weight excluding hydrogens is 396 g/mol. The number of aliphatic carboxylic acids is 2. The number of carboxylic acids is 2. The summed E-state index contributed by atoms with van der Waals surface area (Å²) in [6, 6.07) is 14.5. The van der Waals surface area contributed by atoms with Crippen LogP contribution < -0.4 is 21.7 Å². The van der Waals surface area contributed by atoms with Crippen LogP contribution in [0, 0.1) is 0 Å². The van der Waals surface area contributed by atoms with E-state index in [-0.39, 0.29) is 11.0 Å². The average molecular weight is 428 g/mol. The maximum absolute atomic E-state index is 9.50. The number of quaternary nitrogens is 2. The topological polar surface area (TPSA) is 239 Å². The Hall–Kier alpha value is -3.18.